The van der Waals surface area contributed by atoms with Gasteiger partial charge in [-0.15, -0.1) is 0 Å². The van der Waals surface area contributed by atoms with Crippen LogP contribution in [-0.2, 0) is 26.6 Å². The van der Waals surface area contributed by atoms with Crippen LogP contribution in [-0.4, -0.2) is 102 Å². The number of benzene rings is 2. The number of hydrogen-bond acceptors (Lipinski definition) is 8. The number of sulfonamides is 1. The lowest BCUT2D eigenvalue weighted by molar-refractivity contribution is -0.120. The maximum absolute atomic E-state index is 13.6. The number of nitrogens with zero attached hydrogens (tertiary/aromatic N) is 3. The zero-order valence-corrected chi connectivity index (χ0v) is 32.7. The molecule has 1 amide bonds. The molecule has 7 rings (SSSR count). The molecule has 11 heteroatoms. The summed E-state index contributed by atoms with van der Waals surface area (Å²) < 4.78 is 42.5. The third-order valence-corrected chi connectivity index (χ3v) is 14.9. The SMILES string of the molecule is CO[C@@]1(CN2CC(C)(N(C)C)C2)/C=C/[C@H](C)[C@H](C)CS(=O)(=O)NC(=O)c2ccc3c(c2)N(C[C@@H]2CC[C@H]21)C[C@@]1(CCCc2cc(Cl)ccc21)CO3. The highest BCUT2D eigenvalue weighted by atomic mass is 35.5. The molecular formula is C40H55ClN4O5S. The number of anilines is 1. The maximum Gasteiger partial charge on any atom is 0.264 e. The second kappa shape index (κ2) is 13.7. The van der Waals surface area contributed by atoms with E-state index < -0.39 is 21.5 Å². The van der Waals surface area contributed by atoms with Crippen molar-refractivity contribution in [3.8, 4) is 5.75 Å². The van der Waals surface area contributed by atoms with E-state index in [0.29, 0.717) is 23.8 Å². The van der Waals surface area contributed by atoms with E-state index in [1.165, 1.54) is 11.1 Å². The largest absolute Gasteiger partial charge is 0.490 e. The lowest BCUT2D eigenvalue weighted by Crippen LogP contribution is -2.70. The summed E-state index contributed by atoms with van der Waals surface area (Å²) in [4.78, 5) is 20.8. The number of nitrogens with one attached hydrogen (secondary N) is 1. The fraction of sp³-hybridized carbons (Fsp3) is 0.625. The molecule has 2 bridgehead atoms. The highest BCUT2D eigenvalue weighted by Crippen LogP contribution is 2.50. The molecule has 0 aromatic heterocycles. The molecule has 1 spiro atoms. The molecule has 3 aliphatic heterocycles. The molecule has 0 unspecified atom stereocenters. The van der Waals surface area contributed by atoms with E-state index in [0.717, 1.165) is 75.5 Å². The zero-order valence-electron chi connectivity index (χ0n) is 31.1. The summed E-state index contributed by atoms with van der Waals surface area (Å²) in [6, 6.07) is 11.6. The maximum atomic E-state index is 13.6. The molecule has 2 aromatic rings. The van der Waals surface area contributed by atoms with Gasteiger partial charge in [0.25, 0.3) is 5.91 Å². The van der Waals surface area contributed by atoms with Crippen LogP contribution in [0.4, 0.5) is 5.69 Å². The Balaban J connectivity index is 1.30. The van der Waals surface area contributed by atoms with Crippen molar-refractivity contribution in [2.75, 3.05) is 71.2 Å². The van der Waals surface area contributed by atoms with Gasteiger partial charge in [-0.2, -0.15) is 0 Å². The van der Waals surface area contributed by atoms with Gasteiger partial charge >= 0.3 is 0 Å². The third kappa shape index (κ3) is 6.96. The van der Waals surface area contributed by atoms with Crippen molar-refractivity contribution in [2.45, 2.75) is 69.4 Å². The van der Waals surface area contributed by atoms with Gasteiger partial charge < -0.3 is 19.3 Å². The molecule has 51 heavy (non-hydrogen) atoms. The van der Waals surface area contributed by atoms with Gasteiger partial charge in [0.05, 0.1) is 18.0 Å². The van der Waals surface area contributed by atoms with E-state index in [1.54, 1.807) is 6.07 Å². The summed E-state index contributed by atoms with van der Waals surface area (Å²) in [5, 5.41) is 0.748. The average Bonchev–Trinajstić information content (AvgIpc) is 3.20. The molecule has 0 radical (unpaired) electrons. The van der Waals surface area contributed by atoms with Gasteiger partial charge in [0.15, 0.2) is 0 Å². The number of rotatable bonds is 4. The van der Waals surface area contributed by atoms with E-state index in [2.05, 4.69) is 71.6 Å². The van der Waals surface area contributed by atoms with Crippen LogP contribution in [0.3, 0.4) is 0 Å². The van der Waals surface area contributed by atoms with Crippen LogP contribution in [0.25, 0.3) is 0 Å². The van der Waals surface area contributed by atoms with E-state index in [-0.39, 0.29) is 34.5 Å². The molecule has 1 saturated heterocycles. The van der Waals surface area contributed by atoms with Gasteiger partial charge in [0, 0.05) is 61.4 Å². The van der Waals surface area contributed by atoms with Gasteiger partial charge in [-0.3, -0.25) is 9.69 Å². The van der Waals surface area contributed by atoms with Crippen molar-refractivity contribution in [3.63, 3.8) is 0 Å². The van der Waals surface area contributed by atoms with Crippen LogP contribution >= 0.6 is 11.6 Å². The fourth-order valence-electron chi connectivity index (χ4n) is 9.45. The van der Waals surface area contributed by atoms with Crippen LogP contribution in [0.2, 0.25) is 5.02 Å². The zero-order chi connectivity index (χ0) is 36.3. The number of likely N-dealkylation sites (tertiary alicyclic amines) is 1. The first kappa shape index (κ1) is 36.7. The molecule has 2 aliphatic carbocycles. The van der Waals surface area contributed by atoms with E-state index in [4.69, 9.17) is 21.1 Å². The van der Waals surface area contributed by atoms with Gasteiger partial charge in [-0.25, -0.2) is 13.1 Å². The van der Waals surface area contributed by atoms with Crippen LogP contribution in [0.15, 0.2) is 48.6 Å². The molecule has 278 valence electrons. The summed E-state index contributed by atoms with van der Waals surface area (Å²) in [7, 11) is 2.24. The first-order chi connectivity index (χ1) is 24.1. The minimum Gasteiger partial charge on any atom is -0.490 e. The summed E-state index contributed by atoms with van der Waals surface area (Å²) in [6.07, 6.45) is 9.55. The normalized spacial score (nSPS) is 33.9. The predicted molar refractivity (Wildman–Crippen MR) is 203 cm³/mol. The number of carbonyl (C=O) groups is 1. The van der Waals surface area contributed by atoms with Crippen molar-refractivity contribution < 1.29 is 22.7 Å². The van der Waals surface area contributed by atoms with Crippen molar-refractivity contribution in [1.29, 1.82) is 0 Å². The Morgan fingerprint density at radius 2 is 1.88 bits per heavy atom. The number of carbonyl (C=O) groups excluding carboxylic acids is 1. The number of halogens is 1. The number of fused-ring (bicyclic) bond motifs is 4. The summed E-state index contributed by atoms with van der Waals surface area (Å²) in [5.74, 6) is 0.282. The standard InChI is InChI=1S/C40H55ClN4O5S/c1-27-15-17-40(49-6,25-44-22-38(3,23-44)43(4)5)34-12-9-31(34)20-45-24-39(16-7-8-29-18-32(41)11-13-33(29)39)26-50-36-14-10-30(19-35(36)45)37(46)42-51(47,48)21-28(27)2/h10-11,13-15,17-19,27-28,31,34H,7-9,12,16,20-26H2,1-6H3,(H,42,46)/b17-15+/t27-,28+,31-,34+,39-,40+/m0/s1. The van der Waals surface area contributed by atoms with Crippen LogP contribution < -0.4 is 14.4 Å². The smallest absolute Gasteiger partial charge is 0.264 e. The second-order valence-electron chi connectivity index (χ2n) is 16.8. The topological polar surface area (TPSA) is 91.4 Å². The molecule has 2 aromatic carbocycles. The third-order valence-electron chi connectivity index (χ3n) is 13.2. The number of methoxy groups -OCH3 is 1. The Morgan fingerprint density at radius 1 is 1.10 bits per heavy atom. The van der Waals surface area contributed by atoms with Gasteiger partial charge in [-0.1, -0.05) is 43.7 Å². The monoisotopic (exact) mass is 738 g/mol. The summed E-state index contributed by atoms with van der Waals surface area (Å²) in [5.41, 5.74) is 3.03. The first-order valence-electron chi connectivity index (χ1n) is 18.6. The lowest BCUT2D eigenvalue weighted by atomic mass is 9.63. The first-order valence-corrected chi connectivity index (χ1v) is 20.7. The lowest BCUT2D eigenvalue weighted by Gasteiger charge is -2.57. The molecular weight excluding hydrogens is 684 g/mol. The Bertz CT molecular complexity index is 1790. The molecule has 1 saturated carbocycles. The molecule has 5 aliphatic rings. The molecule has 2 fully saturated rings. The van der Waals surface area contributed by atoms with Gasteiger partial charge in [-0.05, 0) is 118 Å². The van der Waals surface area contributed by atoms with Crippen LogP contribution in [0.1, 0.15) is 67.9 Å². The highest BCUT2D eigenvalue weighted by Gasteiger charge is 2.52. The van der Waals surface area contributed by atoms with Gasteiger partial charge in [0.2, 0.25) is 10.0 Å². The van der Waals surface area contributed by atoms with E-state index in [1.807, 2.05) is 32.2 Å². The number of ether oxygens (including phenoxy) is 2. The Labute approximate surface area is 309 Å². The minimum atomic E-state index is -3.90. The fourth-order valence-corrected chi connectivity index (χ4v) is 11.1. The average molecular weight is 739 g/mol. The number of amides is 1. The number of hydrogen-bond donors (Lipinski definition) is 1. The number of likely N-dealkylation sites (N-methyl/N-ethyl adjacent to an activating group) is 1. The number of allylic oxidation sites excluding steroid dienone is 1. The quantitative estimate of drug-likeness (QED) is 0.396. The van der Waals surface area contributed by atoms with E-state index >= 15 is 0 Å². The Kier molecular flexibility index (Phi) is 9.83. The van der Waals surface area contributed by atoms with Crippen molar-refractivity contribution in [2.24, 2.45) is 23.7 Å². The van der Waals surface area contributed by atoms with Crippen molar-refractivity contribution >= 4 is 33.2 Å². The number of aryl methyl sites for hydroxylation is 1. The summed E-state index contributed by atoms with van der Waals surface area (Å²) >= 11 is 6.49. The van der Waals surface area contributed by atoms with E-state index in [9.17, 15) is 13.2 Å². The molecule has 6 atom stereocenters. The van der Waals surface area contributed by atoms with Crippen molar-refractivity contribution in [3.05, 3.63) is 70.3 Å². The van der Waals surface area contributed by atoms with Crippen molar-refractivity contribution in [1.82, 2.24) is 14.5 Å². The van der Waals surface area contributed by atoms with Crippen LogP contribution in [0.5, 0.6) is 5.75 Å². The summed E-state index contributed by atoms with van der Waals surface area (Å²) in [6.45, 7) is 11.0. The second-order valence-corrected chi connectivity index (χ2v) is 19.0. The molecule has 3 heterocycles. The van der Waals surface area contributed by atoms with Gasteiger partial charge in [0.1, 0.15) is 11.4 Å². The molecule has 9 nitrogen and oxygen atoms in total. The Morgan fingerprint density at radius 3 is 2.59 bits per heavy atom. The molecule has 1 N–H and O–H groups in total. The predicted octanol–water partition coefficient (Wildman–Crippen LogP) is 5.76. The minimum absolute atomic E-state index is 0.0468. The highest BCUT2D eigenvalue weighted by molar-refractivity contribution is 7.90. The Hall–Kier alpha value is -2.63. The van der Waals surface area contributed by atoms with Crippen LogP contribution in [0, 0.1) is 23.7 Å².